The van der Waals surface area contributed by atoms with E-state index in [-0.39, 0.29) is 23.5 Å². The minimum Gasteiger partial charge on any atom is -0.338 e. The molecule has 1 fully saturated rings. The molecule has 0 aromatic carbocycles. The Morgan fingerprint density at radius 1 is 1.57 bits per heavy atom. The molecule has 2 rings (SSSR count). The predicted octanol–water partition coefficient (Wildman–Crippen LogP) is 0.380. The molecule has 7 nitrogen and oxygen atoms in total. The lowest BCUT2D eigenvalue weighted by Crippen LogP contribution is -2.44. The number of carbonyl (C=O) groups excluding carboxylic acids is 1. The summed E-state index contributed by atoms with van der Waals surface area (Å²) in [7, 11) is -3.70. The topological polar surface area (TPSA) is 105 Å². The number of amides is 1. The lowest BCUT2D eigenvalue weighted by atomic mass is 9.98. The highest BCUT2D eigenvalue weighted by Crippen LogP contribution is 2.19. The van der Waals surface area contributed by atoms with E-state index in [2.05, 4.69) is 9.71 Å². The van der Waals surface area contributed by atoms with Gasteiger partial charge in [0.05, 0.1) is 0 Å². The van der Waals surface area contributed by atoms with Crippen LogP contribution in [0.15, 0.2) is 18.3 Å². The number of hydrogen-bond acceptors (Lipinski definition) is 4. The van der Waals surface area contributed by atoms with Crippen molar-refractivity contribution in [2.75, 3.05) is 19.6 Å². The highest BCUT2D eigenvalue weighted by atomic mass is 35.5. The first kappa shape index (κ1) is 16.2. The Kier molecular flexibility index (Phi) is 5.15. The number of aromatic nitrogens is 1. The molecule has 1 amide bonds. The number of nitrogens with two attached hydrogens (primary N) is 1. The number of pyridine rings is 1. The Bertz CT molecular complexity index is 623. The third-order valence-electron chi connectivity index (χ3n) is 3.35. The molecule has 0 aliphatic carbocycles. The fourth-order valence-electron chi connectivity index (χ4n) is 2.37. The number of hydrogen-bond donors (Lipinski definition) is 2. The van der Waals surface area contributed by atoms with E-state index in [1.165, 1.54) is 12.3 Å². The maximum atomic E-state index is 12.4. The molecule has 0 radical (unpaired) electrons. The summed E-state index contributed by atoms with van der Waals surface area (Å²) in [5.41, 5.74) is 0.482. The van der Waals surface area contributed by atoms with Crippen molar-refractivity contribution in [3.05, 3.63) is 29.0 Å². The van der Waals surface area contributed by atoms with Crippen molar-refractivity contribution in [3.8, 4) is 0 Å². The number of piperidine rings is 1. The molecule has 1 aromatic heterocycles. The van der Waals surface area contributed by atoms with Gasteiger partial charge in [0.1, 0.15) is 5.15 Å². The molecule has 1 saturated heterocycles. The van der Waals surface area contributed by atoms with Crippen LogP contribution in [0.25, 0.3) is 0 Å². The monoisotopic (exact) mass is 332 g/mol. The summed E-state index contributed by atoms with van der Waals surface area (Å²) >= 11 is 5.78. The van der Waals surface area contributed by atoms with E-state index in [0.717, 1.165) is 12.8 Å². The maximum Gasteiger partial charge on any atom is 0.274 e. The number of rotatable bonds is 4. The van der Waals surface area contributed by atoms with Gasteiger partial charge in [0.15, 0.2) is 0 Å². The van der Waals surface area contributed by atoms with Crippen LogP contribution < -0.4 is 9.86 Å². The van der Waals surface area contributed by atoms with E-state index in [1.807, 2.05) is 0 Å². The van der Waals surface area contributed by atoms with Crippen LogP contribution in [0.4, 0.5) is 0 Å². The van der Waals surface area contributed by atoms with Gasteiger partial charge >= 0.3 is 0 Å². The van der Waals surface area contributed by atoms with Crippen LogP contribution in [0.1, 0.15) is 23.2 Å². The highest BCUT2D eigenvalue weighted by Gasteiger charge is 2.25. The second kappa shape index (κ2) is 6.69. The van der Waals surface area contributed by atoms with Crippen LogP contribution in [0.2, 0.25) is 5.15 Å². The number of nitrogens with one attached hydrogen (secondary N) is 1. The molecular weight excluding hydrogens is 316 g/mol. The first-order chi connectivity index (χ1) is 9.85. The van der Waals surface area contributed by atoms with Crippen LogP contribution in [0, 0.1) is 5.92 Å². The number of carbonyl (C=O) groups is 1. The summed E-state index contributed by atoms with van der Waals surface area (Å²) in [6.45, 7) is 1.37. The van der Waals surface area contributed by atoms with Crippen molar-refractivity contribution in [3.63, 3.8) is 0 Å². The largest absolute Gasteiger partial charge is 0.338 e. The third-order valence-corrected chi connectivity index (χ3v) is 4.13. The first-order valence-electron chi connectivity index (χ1n) is 6.53. The molecule has 1 aromatic rings. The van der Waals surface area contributed by atoms with Crippen LogP contribution in [0.3, 0.4) is 0 Å². The molecule has 0 saturated carbocycles. The summed E-state index contributed by atoms with van der Waals surface area (Å²) in [6.07, 6.45) is 3.16. The van der Waals surface area contributed by atoms with Crippen molar-refractivity contribution >= 4 is 27.7 Å². The zero-order valence-electron chi connectivity index (χ0n) is 11.3. The van der Waals surface area contributed by atoms with Gasteiger partial charge in [0, 0.05) is 31.4 Å². The van der Waals surface area contributed by atoms with E-state index in [1.54, 1.807) is 11.0 Å². The molecule has 0 bridgehead atoms. The minimum atomic E-state index is -3.70. The van der Waals surface area contributed by atoms with Gasteiger partial charge in [-0.15, -0.1) is 0 Å². The average molecular weight is 333 g/mol. The molecular formula is C12H17ClN4O3S. The predicted molar refractivity (Wildman–Crippen MR) is 79.0 cm³/mol. The molecule has 2 heterocycles. The van der Waals surface area contributed by atoms with E-state index in [0.29, 0.717) is 18.7 Å². The van der Waals surface area contributed by atoms with Gasteiger partial charge < -0.3 is 4.90 Å². The van der Waals surface area contributed by atoms with E-state index in [9.17, 15) is 13.2 Å². The van der Waals surface area contributed by atoms with Gasteiger partial charge in [-0.25, -0.2) is 14.8 Å². The average Bonchev–Trinajstić information content (AvgIpc) is 2.44. The van der Waals surface area contributed by atoms with Gasteiger partial charge in [-0.2, -0.15) is 8.42 Å². The second-order valence-corrected chi connectivity index (χ2v) is 6.79. The zero-order chi connectivity index (χ0) is 15.5. The lowest BCUT2D eigenvalue weighted by molar-refractivity contribution is 0.0676. The highest BCUT2D eigenvalue weighted by molar-refractivity contribution is 7.87. The molecule has 1 aliphatic heterocycles. The molecule has 21 heavy (non-hydrogen) atoms. The molecule has 3 N–H and O–H groups in total. The van der Waals surface area contributed by atoms with Crippen molar-refractivity contribution in [2.24, 2.45) is 11.1 Å². The van der Waals surface area contributed by atoms with Crippen LogP contribution in [-0.2, 0) is 10.2 Å². The number of likely N-dealkylation sites (tertiary alicyclic amines) is 1. The van der Waals surface area contributed by atoms with Crippen molar-refractivity contribution in [1.29, 1.82) is 0 Å². The van der Waals surface area contributed by atoms with Crippen molar-refractivity contribution in [2.45, 2.75) is 12.8 Å². The molecule has 1 atom stereocenters. The Morgan fingerprint density at radius 2 is 2.33 bits per heavy atom. The molecule has 1 aliphatic rings. The van der Waals surface area contributed by atoms with Gasteiger partial charge in [-0.3, -0.25) is 4.79 Å². The lowest BCUT2D eigenvalue weighted by Gasteiger charge is -2.32. The van der Waals surface area contributed by atoms with Crippen LogP contribution in [0.5, 0.6) is 0 Å². The summed E-state index contributed by atoms with van der Waals surface area (Å²) in [4.78, 5) is 17.9. The summed E-state index contributed by atoms with van der Waals surface area (Å²) in [5.74, 6) is -0.0714. The molecule has 1 unspecified atom stereocenters. The molecule has 116 valence electrons. The van der Waals surface area contributed by atoms with Crippen molar-refractivity contribution < 1.29 is 13.2 Å². The second-order valence-electron chi connectivity index (χ2n) is 5.02. The van der Waals surface area contributed by atoms with E-state index < -0.39 is 10.2 Å². The van der Waals surface area contributed by atoms with Gasteiger partial charge in [0.2, 0.25) is 0 Å². The SMILES string of the molecule is NS(=O)(=O)NCC1CCCN(C(=O)c2ccnc(Cl)c2)C1. The quantitative estimate of drug-likeness (QED) is 0.777. The fourth-order valence-corrected chi connectivity index (χ4v) is 3.01. The Labute approximate surface area is 128 Å². The van der Waals surface area contributed by atoms with E-state index >= 15 is 0 Å². The van der Waals surface area contributed by atoms with E-state index in [4.69, 9.17) is 16.7 Å². The van der Waals surface area contributed by atoms with Crippen LogP contribution >= 0.6 is 11.6 Å². The first-order valence-corrected chi connectivity index (χ1v) is 8.46. The minimum absolute atomic E-state index is 0.0540. The standard InChI is InChI=1S/C12H17ClN4O3S/c13-11-6-10(3-4-15-11)12(18)17-5-1-2-9(8-17)7-16-21(14,19)20/h3-4,6,9,16H,1-2,5,7-8H2,(H2,14,19,20). The summed E-state index contributed by atoms with van der Waals surface area (Å²) < 4.78 is 24.1. The number of halogens is 1. The molecule has 0 spiro atoms. The maximum absolute atomic E-state index is 12.4. The Hall–Kier alpha value is -1.22. The van der Waals surface area contributed by atoms with Gasteiger partial charge in [0.25, 0.3) is 16.1 Å². The smallest absolute Gasteiger partial charge is 0.274 e. The Morgan fingerprint density at radius 3 is 3.00 bits per heavy atom. The summed E-state index contributed by atoms with van der Waals surface area (Å²) in [6, 6.07) is 3.14. The van der Waals surface area contributed by atoms with Crippen molar-refractivity contribution in [1.82, 2.24) is 14.6 Å². The fraction of sp³-hybridized carbons (Fsp3) is 0.500. The van der Waals surface area contributed by atoms with Crippen LogP contribution in [-0.4, -0.2) is 43.8 Å². The number of nitrogens with zero attached hydrogens (tertiary/aromatic N) is 2. The Balaban J connectivity index is 1.99. The van der Waals surface area contributed by atoms with Gasteiger partial charge in [-0.05, 0) is 30.9 Å². The summed E-state index contributed by atoms with van der Waals surface area (Å²) in [5, 5.41) is 5.18. The normalized spacial score (nSPS) is 19.5. The van der Waals surface area contributed by atoms with Gasteiger partial charge in [-0.1, -0.05) is 11.6 Å². The molecule has 9 heteroatoms. The zero-order valence-corrected chi connectivity index (χ0v) is 12.9. The third kappa shape index (κ3) is 4.92.